The molecule has 0 spiro atoms. The normalized spacial score (nSPS) is 16.5. The number of nitrogens with zero attached hydrogens (tertiary/aromatic N) is 1. The van der Waals surface area contributed by atoms with E-state index in [-0.39, 0.29) is 24.4 Å². The molecule has 1 aromatic heterocycles. The topological polar surface area (TPSA) is 62.1 Å². The summed E-state index contributed by atoms with van der Waals surface area (Å²) < 4.78 is 0. The molecule has 2 aromatic rings. The van der Waals surface area contributed by atoms with E-state index in [9.17, 15) is 4.79 Å². The number of fused-ring (bicyclic) bond motifs is 1. The summed E-state index contributed by atoms with van der Waals surface area (Å²) in [5, 5.41) is 1.35. The van der Waals surface area contributed by atoms with Crippen LogP contribution in [-0.2, 0) is 11.2 Å². The fourth-order valence-electron chi connectivity index (χ4n) is 3.88. The van der Waals surface area contributed by atoms with Crippen LogP contribution >= 0.6 is 24.2 Å². The number of benzene rings is 1. The zero-order valence-electron chi connectivity index (χ0n) is 15.7. The molecule has 1 aromatic carbocycles. The largest absolute Gasteiger partial charge is 0.361 e. The monoisotopic (exact) mass is 395 g/mol. The molecule has 6 heteroatoms. The molecule has 1 atom stereocenters. The van der Waals surface area contributed by atoms with Gasteiger partial charge in [-0.25, -0.2) is 0 Å². The molecule has 2 heterocycles. The highest BCUT2D eigenvalue weighted by atomic mass is 35.5. The highest BCUT2D eigenvalue weighted by Gasteiger charge is 2.28. The number of amides is 1. The van der Waals surface area contributed by atoms with E-state index in [1.54, 1.807) is 11.8 Å². The van der Waals surface area contributed by atoms with Crippen LogP contribution in [0.1, 0.15) is 43.2 Å². The number of likely N-dealkylation sites (tertiary alicyclic amines) is 1. The minimum absolute atomic E-state index is 0. The number of hydrogen-bond donors (Lipinski definition) is 2. The first-order chi connectivity index (χ1) is 12.2. The summed E-state index contributed by atoms with van der Waals surface area (Å²) in [7, 11) is 0. The number of para-hydroxylation sites is 1. The molecule has 3 N–H and O–H groups in total. The molecule has 0 aliphatic carbocycles. The van der Waals surface area contributed by atoms with Gasteiger partial charge in [0.15, 0.2) is 0 Å². The molecular formula is C20H30ClN3OS. The maximum absolute atomic E-state index is 12.5. The number of halogens is 1. The molecule has 0 radical (unpaired) electrons. The van der Waals surface area contributed by atoms with Gasteiger partial charge in [-0.3, -0.25) is 4.79 Å². The number of thioether (sulfide) groups is 1. The van der Waals surface area contributed by atoms with Gasteiger partial charge in [0.25, 0.3) is 0 Å². The second kappa shape index (κ2) is 9.67. The van der Waals surface area contributed by atoms with Gasteiger partial charge < -0.3 is 15.6 Å². The van der Waals surface area contributed by atoms with Crippen molar-refractivity contribution in [3.05, 3.63) is 35.5 Å². The van der Waals surface area contributed by atoms with Crippen LogP contribution in [0.3, 0.4) is 0 Å². The summed E-state index contributed by atoms with van der Waals surface area (Å²) in [6.07, 6.45) is 8.07. The van der Waals surface area contributed by atoms with E-state index in [2.05, 4.69) is 36.3 Å². The molecule has 1 aliphatic rings. The average molecular weight is 396 g/mol. The van der Waals surface area contributed by atoms with Gasteiger partial charge in [-0.1, -0.05) is 25.1 Å². The van der Waals surface area contributed by atoms with Gasteiger partial charge >= 0.3 is 0 Å². The number of carbonyl (C=O) groups is 1. The van der Waals surface area contributed by atoms with E-state index < -0.39 is 0 Å². The second-order valence-corrected chi connectivity index (χ2v) is 7.91. The van der Waals surface area contributed by atoms with Crippen LogP contribution in [0.5, 0.6) is 0 Å². The summed E-state index contributed by atoms with van der Waals surface area (Å²) in [5.41, 5.74) is 10.1. The van der Waals surface area contributed by atoms with Crippen LogP contribution in [0, 0.1) is 0 Å². The standard InChI is InChI=1S/C20H29N3OS.ClH/c1-3-14-5-4-6-16-17(13-22-19(14)16)15-7-10-23(11-8-15)20(24)18(21)9-12-25-2;/h4-6,13,15,18,22H,3,7-12,21H2,1-2H3;1H. The van der Waals surface area contributed by atoms with E-state index in [4.69, 9.17) is 5.73 Å². The third-order valence-corrected chi connectivity index (χ3v) is 6.06. The van der Waals surface area contributed by atoms with Crippen LogP contribution < -0.4 is 5.73 Å². The molecule has 3 rings (SSSR count). The summed E-state index contributed by atoms with van der Waals surface area (Å²) >= 11 is 1.74. The average Bonchev–Trinajstić information content (AvgIpc) is 3.09. The Morgan fingerprint density at radius 2 is 2.12 bits per heavy atom. The summed E-state index contributed by atoms with van der Waals surface area (Å²) in [6.45, 7) is 3.83. The summed E-state index contributed by atoms with van der Waals surface area (Å²) in [5.74, 6) is 1.59. The second-order valence-electron chi connectivity index (χ2n) is 6.92. The zero-order valence-corrected chi connectivity index (χ0v) is 17.3. The van der Waals surface area contributed by atoms with Crippen molar-refractivity contribution in [1.82, 2.24) is 9.88 Å². The fourth-order valence-corrected chi connectivity index (χ4v) is 4.37. The minimum Gasteiger partial charge on any atom is -0.361 e. The van der Waals surface area contributed by atoms with Crippen molar-refractivity contribution in [2.75, 3.05) is 25.1 Å². The van der Waals surface area contributed by atoms with Gasteiger partial charge in [0.2, 0.25) is 5.91 Å². The number of aromatic nitrogens is 1. The molecule has 1 amide bonds. The van der Waals surface area contributed by atoms with Crippen LogP contribution in [-0.4, -0.2) is 46.9 Å². The number of nitrogens with two attached hydrogens (primary N) is 1. The molecule has 26 heavy (non-hydrogen) atoms. The van der Waals surface area contributed by atoms with E-state index in [0.29, 0.717) is 5.92 Å². The quantitative estimate of drug-likeness (QED) is 0.778. The Kier molecular flexibility index (Phi) is 7.86. The van der Waals surface area contributed by atoms with Crippen LogP contribution in [0.25, 0.3) is 10.9 Å². The number of piperidine rings is 1. The number of hydrogen-bond acceptors (Lipinski definition) is 3. The molecule has 1 saturated heterocycles. The lowest BCUT2D eigenvalue weighted by Gasteiger charge is -2.33. The molecule has 0 bridgehead atoms. The number of nitrogens with one attached hydrogen (secondary N) is 1. The molecule has 1 aliphatic heterocycles. The summed E-state index contributed by atoms with van der Waals surface area (Å²) in [6, 6.07) is 6.22. The van der Waals surface area contributed by atoms with Gasteiger partial charge in [-0.2, -0.15) is 11.8 Å². The predicted octanol–water partition coefficient (Wildman–Crippen LogP) is 3.94. The van der Waals surface area contributed by atoms with Crippen LogP contribution in [0.4, 0.5) is 0 Å². The van der Waals surface area contributed by atoms with E-state index in [1.807, 2.05) is 11.2 Å². The first-order valence-electron chi connectivity index (χ1n) is 9.27. The molecule has 4 nitrogen and oxygen atoms in total. The Bertz CT molecular complexity index is 725. The number of carbonyl (C=O) groups excluding carboxylic acids is 1. The van der Waals surface area contributed by atoms with Crippen molar-refractivity contribution in [2.45, 2.75) is 44.6 Å². The van der Waals surface area contributed by atoms with Crippen LogP contribution in [0.2, 0.25) is 0 Å². The number of aryl methyl sites for hydroxylation is 1. The maximum Gasteiger partial charge on any atom is 0.239 e. The van der Waals surface area contributed by atoms with Crippen molar-refractivity contribution in [3.63, 3.8) is 0 Å². The smallest absolute Gasteiger partial charge is 0.239 e. The summed E-state index contributed by atoms with van der Waals surface area (Å²) in [4.78, 5) is 17.9. The maximum atomic E-state index is 12.5. The fraction of sp³-hybridized carbons (Fsp3) is 0.550. The third kappa shape index (κ3) is 4.38. The molecule has 0 saturated carbocycles. The molecule has 1 fully saturated rings. The first kappa shape index (κ1) is 21.1. The van der Waals surface area contributed by atoms with Crippen molar-refractivity contribution in [3.8, 4) is 0 Å². The van der Waals surface area contributed by atoms with Crippen molar-refractivity contribution < 1.29 is 4.79 Å². The Morgan fingerprint density at radius 3 is 2.77 bits per heavy atom. The Balaban J connectivity index is 0.00000243. The van der Waals surface area contributed by atoms with Crippen LogP contribution in [0.15, 0.2) is 24.4 Å². The van der Waals surface area contributed by atoms with Gasteiger partial charge in [0.1, 0.15) is 0 Å². The van der Waals surface area contributed by atoms with Crippen molar-refractivity contribution in [1.29, 1.82) is 0 Å². The lowest BCUT2D eigenvalue weighted by atomic mass is 9.88. The predicted molar refractivity (Wildman–Crippen MR) is 114 cm³/mol. The van der Waals surface area contributed by atoms with Gasteiger partial charge in [-0.15, -0.1) is 12.4 Å². The first-order valence-corrected chi connectivity index (χ1v) is 10.7. The Morgan fingerprint density at radius 1 is 1.38 bits per heavy atom. The molecule has 144 valence electrons. The highest BCUT2D eigenvalue weighted by molar-refractivity contribution is 7.98. The number of aromatic amines is 1. The lowest BCUT2D eigenvalue weighted by molar-refractivity contribution is -0.133. The van der Waals surface area contributed by atoms with Gasteiger partial charge in [0.05, 0.1) is 6.04 Å². The lowest BCUT2D eigenvalue weighted by Crippen LogP contribution is -2.47. The van der Waals surface area contributed by atoms with Gasteiger partial charge in [-0.05, 0) is 54.7 Å². The van der Waals surface area contributed by atoms with Gasteiger partial charge in [0, 0.05) is 30.2 Å². The molecule has 1 unspecified atom stereocenters. The van der Waals surface area contributed by atoms with E-state index in [1.165, 1.54) is 22.0 Å². The number of rotatable bonds is 6. The van der Waals surface area contributed by atoms with E-state index in [0.717, 1.165) is 44.5 Å². The number of H-pyrrole nitrogens is 1. The Hall–Kier alpha value is -1.17. The van der Waals surface area contributed by atoms with E-state index >= 15 is 0 Å². The third-order valence-electron chi connectivity index (χ3n) is 5.41. The van der Waals surface area contributed by atoms with Crippen molar-refractivity contribution >= 4 is 41.0 Å². The minimum atomic E-state index is -0.343. The Labute approximate surface area is 166 Å². The highest BCUT2D eigenvalue weighted by Crippen LogP contribution is 2.34. The van der Waals surface area contributed by atoms with Crippen molar-refractivity contribution in [2.24, 2.45) is 5.73 Å². The zero-order chi connectivity index (χ0) is 17.8. The SMILES string of the molecule is CCc1cccc2c(C3CCN(C(=O)C(N)CCSC)CC3)c[nH]c12.Cl. The molecular weight excluding hydrogens is 366 g/mol.